The number of nitrogens with zero attached hydrogens (tertiary/aromatic N) is 2. The van der Waals surface area contributed by atoms with E-state index in [0.717, 1.165) is 0 Å². The van der Waals surface area contributed by atoms with E-state index in [1.165, 1.54) is 6.33 Å². The summed E-state index contributed by atoms with van der Waals surface area (Å²) in [6, 6.07) is 6.78. The van der Waals surface area contributed by atoms with Gasteiger partial charge < -0.3 is 4.74 Å². The second kappa shape index (κ2) is 4.43. The Morgan fingerprint density at radius 3 is 2.69 bits per heavy atom. The third-order valence-electron chi connectivity index (χ3n) is 2.00. The Hall–Kier alpha value is -2.37. The van der Waals surface area contributed by atoms with E-state index in [-0.39, 0.29) is 5.91 Å². The van der Waals surface area contributed by atoms with Crippen molar-refractivity contribution in [3.63, 3.8) is 0 Å². The van der Waals surface area contributed by atoms with Gasteiger partial charge in [0, 0.05) is 5.56 Å². The van der Waals surface area contributed by atoms with Crippen molar-refractivity contribution in [2.75, 3.05) is 12.4 Å². The molecule has 1 amide bonds. The molecule has 0 radical (unpaired) electrons. The van der Waals surface area contributed by atoms with Gasteiger partial charge in [-0.05, 0) is 24.3 Å². The third kappa shape index (κ3) is 2.17. The van der Waals surface area contributed by atoms with Crippen LogP contribution < -0.4 is 10.1 Å². The van der Waals surface area contributed by atoms with Crippen molar-refractivity contribution in [2.24, 2.45) is 0 Å². The Bertz CT molecular complexity index is 464. The molecule has 2 N–H and O–H groups in total. The van der Waals surface area contributed by atoms with Gasteiger partial charge in [-0.25, -0.2) is 5.10 Å². The van der Waals surface area contributed by atoms with Crippen LogP contribution in [0.2, 0.25) is 0 Å². The molecule has 0 aliphatic rings. The molecule has 0 saturated heterocycles. The fourth-order valence-electron chi connectivity index (χ4n) is 1.19. The Kier molecular flexibility index (Phi) is 2.81. The van der Waals surface area contributed by atoms with Gasteiger partial charge in [0.15, 0.2) is 0 Å². The van der Waals surface area contributed by atoms with Gasteiger partial charge in [-0.2, -0.15) is 10.1 Å². The lowest BCUT2D eigenvalue weighted by atomic mass is 10.2. The van der Waals surface area contributed by atoms with Crippen LogP contribution in [0.5, 0.6) is 5.75 Å². The van der Waals surface area contributed by atoms with Crippen LogP contribution in [0.3, 0.4) is 0 Å². The highest BCUT2D eigenvalue weighted by molar-refractivity contribution is 6.03. The summed E-state index contributed by atoms with van der Waals surface area (Å²) in [6.45, 7) is 0. The largest absolute Gasteiger partial charge is 0.497 e. The van der Waals surface area contributed by atoms with E-state index >= 15 is 0 Å². The minimum Gasteiger partial charge on any atom is -0.497 e. The van der Waals surface area contributed by atoms with Gasteiger partial charge in [0.05, 0.1) is 7.11 Å². The zero-order valence-corrected chi connectivity index (χ0v) is 8.60. The quantitative estimate of drug-likeness (QED) is 0.807. The molecule has 6 heteroatoms. The monoisotopic (exact) mass is 218 g/mol. The molecule has 2 aromatic rings. The van der Waals surface area contributed by atoms with E-state index in [1.54, 1.807) is 31.4 Å². The summed E-state index contributed by atoms with van der Waals surface area (Å²) in [4.78, 5) is 15.5. The molecule has 2 rings (SSSR count). The second-order valence-corrected chi connectivity index (χ2v) is 3.02. The molecular formula is C10H10N4O2. The Morgan fingerprint density at radius 2 is 2.12 bits per heavy atom. The number of ether oxygens (including phenoxy) is 1. The normalized spacial score (nSPS) is 9.81. The van der Waals surface area contributed by atoms with Crippen molar-refractivity contribution in [2.45, 2.75) is 0 Å². The highest BCUT2D eigenvalue weighted by atomic mass is 16.5. The van der Waals surface area contributed by atoms with E-state index in [9.17, 15) is 4.79 Å². The van der Waals surface area contributed by atoms with E-state index in [2.05, 4.69) is 20.5 Å². The van der Waals surface area contributed by atoms with Crippen LogP contribution in [0, 0.1) is 0 Å². The number of carbonyl (C=O) groups is 1. The molecule has 1 heterocycles. The molecule has 1 aromatic carbocycles. The average Bonchev–Trinajstić information content (AvgIpc) is 2.82. The zero-order valence-electron chi connectivity index (χ0n) is 8.60. The molecule has 1 aromatic heterocycles. The van der Waals surface area contributed by atoms with Crippen LogP contribution >= 0.6 is 0 Å². The van der Waals surface area contributed by atoms with Crippen LogP contribution in [0.25, 0.3) is 0 Å². The predicted molar refractivity (Wildman–Crippen MR) is 57.3 cm³/mol. The first-order chi connectivity index (χ1) is 7.79. The number of nitrogens with one attached hydrogen (secondary N) is 2. The average molecular weight is 218 g/mol. The summed E-state index contributed by atoms with van der Waals surface area (Å²) in [5.41, 5.74) is 0.525. The van der Waals surface area contributed by atoms with Crippen molar-refractivity contribution >= 4 is 11.9 Å². The summed E-state index contributed by atoms with van der Waals surface area (Å²) < 4.78 is 4.99. The summed E-state index contributed by atoms with van der Waals surface area (Å²) in [6.07, 6.45) is 1.32. The number of amides is 1. The molecule has 0 aliphatic carbocycles. The van der Waals surface area contributed by atoms with Gasteiger partial charge in [0.2, 0.25) is 5.95 Å². The summed E-state index contributed by atoms with van der Waals surface area (Å²) in [5.74, 6) is 0.774. The van der Waals surface area contributed by atoms with E-state index < -0.39 is 0 Å². The predicted octanol–water partition coefficient (Wildman–Crippen LogP) is 1.07. The van der Waals surface area contributed by atoms with Crippen LogP contribution in [0.4, 0.5) is 5.95 Å². The molecule has 0 saturated carbocycles. The molecule has 0 aliphatic heterocycles. The van der Waals surface area contributed by atoms with Crippen LogP contribution in [0.15, 0.2) is 30.6 Å². The molecular weight excluding hydrogens is 208 g/mol. The number of anilines is 1. The number of hydrogen-bond donors (Lipinski definition) is 2. The Morgan fingerprint density at radius 1 is 1.38 bits per heavy atom. The lowest BCUT2D eigenvalue weighted by Crippen LogP contribution is -2.12. The Labute approximate surface area is 91.7 Å². The molecule has 0 spiro atoms. The maximum absolute atomic E-state index is 11.7. The smallest absolute Gasteiger partial charge is 0.258 e. The standard InChI is InChI=1S/C10H10N4O2/c1-16-8-4-2-7(3-5-8)9(15)13-10-11-6-12-14-10/h2-6H,1H3,(H2,11,12,13,14,15). The second-order valence-electron chi connectivity index (χ2n) is 3.02. The molecule has 6 nitrogen and oxygen atoms in total. The van der Waals surface area contributed by atoms with Crippen molar-refractivity contribution in [1.29, 1.82) is 0 Å². The first kappa shape index (κ1) is 10.2. The van der Waals surface area contributed by atoms with Crippen LogP contribution in [-0.2, 0) is 0 Å². The maximum atomic E-state index is 11.7. The molecule has 0 bridgehead atoms. The molecule has 0 atom stereocenters. The van der Waals surface area contributed by atoms with E-state index in [1.807, 2.05) is 0 Å². The highest BCUT2D eigenvalue weighted by Gasteiger charge is 2.07. The van der Waals surface area contributed by atoms with Gasteiger partial charge >= 0.3 is 0 Å². The summed E-state index contributed by atoms with van der Waals surface area (Å²) in [5, 5.41) is 8.73. The Balaban J connectivity index is 2.09. The zero-order chi connectivity index (χ0) is 11.4. The first-order valence-corrected chi connectivity index (χ1v) is 4.60. The van der Waals surface area contributed by atoms with Gasteiger partial charge in [-0.15, -0.1) is 0 Å². The number of rotatable bonds is 3. The molecule has 0 unspecified atom stereocenters. The van der Waals surface area contributed by atoms with E-state index in [4.69, 9.17) is 4.74 Å². The van der Waals surface area contributed by atoms with Crippen molar-refractivity contribution in [3.05, 3.63) is 36.2 Å². The molecule has 82 valence electrons. The first-order valence-electron chi connectivity index (χ1n) is 4.60. The van der Waals surface area contributed by atoms with E-state index in [0.29, 0.717) is 17.3 Å². The fraction of sp³-hybridized carbons (Fsp3) is 0.100. The summed E-state index contributed by atoms with van der Waals surface area (Å²) in [7, 11) is 1.57. The van der Waals surface area contributed by atoms with Crippen molar-refractivity contribution < 1.29 is 9.53 Å². The number of hydrogen-bond acceptors (Lipinski definition) is 4. The summed E-state index contributed by atoms with van der Waals surface area (Å²) >= 11 is 0. The van der Waals surface area contributed by atoms with Gasteiger partial charge in [-0.3, -0.25) is 10.1 Å². The maximum Gasteiger partial charge on any atom is 0.258 e. The topological polar surface area (TPSA) is 79.9 Å². The number of aromatic nitrogens is 3. The van der Waals surface area contributed by atoms with Gasteiger partial charge in [-0.1, -0.05) is 0 Å². The lowest BCUT2D eigenvalue weighted by molar-refractivity contribution is 0.102. The highest BCUT2D eigenvalue weighted by Crippen LogP contribution is 2.11. The minimum atomic E-state index is -0.251. The van der Waals surface area contributed by atoms with Crippen LogP contribution in [0.1, 0.15) is 10.4 Å². The van der Waals surface area contributed by atoms with Gasteiger partial charge in [0.1, 0.15) is 12.1 Å². The number of H-pyrrole nitrogens is 1. The molecule has 16 heavy (non-hydrogen) atoms. The van der Waals surface area contributed by atoms with Crippen molar-refractivity contribution in [3.8, 4) is 5.75 Å². The number of carbonyl (C=O) groups excluding carboxylic acids is 1. The minimum absolute atomic E-state index is 0.251. The fourth-order valence-corrected chi connectivity index (χ4v) is 1.19. The van der Waals surface area contributed by atoms with Crippen molar-refractivity contribution in [1.82, 2.24) is 15.2 Å². The molecule has 0 fully saturated rings. The number of benzene rings is 1. The lowest BCUT2D eigenvalue weighted by Gasteiger charge is -2.02. The SMILES string of the molecule is COc1ccc(C(=O)Nc2ncn[nH]2)cc1. The number of aromatic amines is 1. The number of methoxy groups -OCH3 is 1. The van der Waals surface area contributed by atoms with Crippen LogP contribution in [-0.4, -0.2) is 28.2 Å². The van der Waals surface area contributed by atoms with Gasteiger partial charge in [0.25, 0.3) is 5.91 Å². The third-order valence-corrected chi connectivity index (χ3v) is 2.00.